The molecule has 0 heterocycles. The molecule has 0 aromatic carbocycles. The molecule has 0 fully saturated rings. The van der Waals surface area contributed by atoms with Crippen LogP contribution in [0.1, 0.15) is 110 Å². The summed E-state index contributed by atoms with van der Waals surface area (Å²) in [6, 6.07) is 0.520. The number of hydrogen-bond acceptors (Lipinski definition) is 3. The van der Waals surface area contributed by atoms with Gasteiger partial charge in [0.2, 0.25) is 0 Å². The monoisotopic (exact) mass is 357 g/mol. The Morgan fingerprint density at radius 1 is 0.600 bits per heavy atom. The average Bonchev–Trinajstić information content (AvgIpc) is 2.62. The fourth-order valence-electron chi connectivity index (χ4n) is 3.78. The summed E-state index contributed by atoms with van der Waals surface area (Å²) in [5.74, 6) is 0. The van der Waals surface area contributed by atoms with Gasteiger partial charge >= 0.3 is 0 Å². The van der Waals surface area contributed by atoms with Crippen LogP contribution in [-0.2, 0) is 0 Å². The second-order valence-electron chi connectivity index (χ2n) is 7.58. The van der Waals surface area contributed by atoms with Crippen molar-refractivity contribution in [1.29, 1.82) is 0 Å². The highest BCUT2D eigenvalue weighted by Crippen LogP contribution is 2.16. The Labute approximate surface area is 158 Å². The van der Waals surface area contributed by atoms with Gasteiger partial charge in [-0.2, -0.15) is 0 Å². The number of nitrogens with zero attached hydrogens (tertiary/aromatic N) is 1. The maximum absolute atomic E-state index is 9.17. The average molecular weight is 358 g/mol. The Bertz CT molecular complexity index is 242. The molecule has 1 unspecified atom stereocenters. The maximum Gasteiger partial charge on any atom is 0.0558 e. The highest BCUT2D eigenvalue weighted by atomic mass is 16.3. The molecule has 0 bridgehead atoms. The predicted octanol–water partition coefficient (Wildman–Crippen LogP) is 5.53. The van der Waals surface area contributed by atoms with Gasteiger partial charge in [-0.3, -0.25) is 4.90 Å². The molecule has 152 valence electrons. The quantitative estimate of drug-likeness (QED) is 0.281. The van der Waals surface area contributed by atoms with Gasteiger partial charge in [0.15, 0.2) is 0 Å². The Morgan fingerprint density at radius 3 is 1.36 bits per heavy atom. The van der Waals surface area contributed by atoms with Crippen LogP contribution in [-0.4, -0.2) is 47.5 Å². The third-order valence-corrected chi connectivity index (χ3v) is 5.40. The van der Waals surface area contributed by atoms with E-state index in [0.717, 1.165) is 6.42 Å². The van der Waals surface area contributed by atoms with Crippen molar-refractivity contribution in [3.63, 3.8) is 0 Å². The predicted molar refractivity (Wildman–Crippen MR) is 110 cm³/mol. The van der Waals surface area contributed by atoms with Crippen LogP contribution in [0.15, 0.2) is 0 Å². The van der Waals surface area contributed by atoms with E-state index in [0.29, 0.717) is 19.1 Å². The smallest absolute Gasteiger partial charge is 0.0558 e. The van der Waals surface area contributed by atoms with Crippen molar-refractivity contribution in [2.24, 2.45) is 0 Å². The van der Waals surface area contributed by atoms with Crippen molar-refractivity contribution < 1.29 is 10.2 Å². The standard InChI is InChI=1S/C22H47NO2/c1-3-5-6-7-8-9-10-11-12-13-14-15-16-17-22(4-2)23(18-20-24)19-21-25/h22,24-25H,3-21H2,1-2H3. The second kappa shape index (κ2) is 20.2. The molecule has 0 amide bonds. The topological polar surface area (TPSA) is 43.7 Å². The third-order valence-electron chi connectivity index (χ3n) is 5.40. The summed E-state index contributed by atoms with van der Waals surface area (Å²) in [5, 5.41) is 18.3. The summed E-state index contributed by atoms with van der Waals surface area (Å²) in [7, 11) is 0. The van der Waals surface area contributed by atoms with E-state index in [2.05, 4.69) is 18.7 Å². The first-order valence-corrected chi connectivity index (χ1v) is 11.3. The number of unbranched alkanes of at least 4 members (excludes halogenated alkanes) is 12. The molecule has 2 N–H and O–H groups in total. The summed E-state index contributed by atoms with van der Waals surface area (Å²) in [6.07, 6.45) is 20.5. The number of rotatable bonds is 20. The van der Waals surface area contributed by atoms with Crippen molar-refractivity contribution in [3.05, 3.63) is 0 Å². The van der Waals surface area contributed by atoms with Crippen LogP contribution in [0, 0.1) is 0 Å². The minimum atomic E-state index is 0.190. The fraction of sp³-hybridized carbons (Fsp3) is 1.00. The lowest BCUT2D eigenvalue weighted by Gasteiger charge is -2.30. The maximum atomic E-state index is 9.17. The van der Waals surface area contributed by atoms with Crippen molar-refractivity contribution in [2.75, 3.05) is 26.3 Å². The van der Waals surface area contributed by atoms with Gasteiger partial charge in [0, 0.05) is 19.1 Å². The van der Waals surface area contributed by atoms with Crippen LogP contribution in [0.2, 0.25) is 0 Å². The lowest BCUT2D eigenvalue weighted by atomic mass is 10.0. The SMILES string of the molecule is CCCCCCCCCCCCCCCC(CC)N(CCO)CCO. The van der Waals surface area contributed by atoms with Crippen LogP contribution >= 0.6 is 0 Å². The highest BCUT2D eigenvalue weighted by molar-refractivity contribution is 4.70. The van der Waals surface area contributed by atoms with E-state index < -0.39 is 0 Å². The zero-order valence-electron chi connectivity index (χ0n) is 17.4. The molecule has 0 aromatic heterocycles. The molecule has 0 saturated carbocycles. The molecule has 0 saturated heterocycles. The molecule has 0 rings (SSSR count). The van der Waals surface area contributed by atoms with Gasteiger partial charge in [-0.15, -0.1) is 0 Å². The molecule has 3 nitrogen and oxygen atoms in total. The van der Waals surface area contributed by atoms with Gasteiger partial charge in [-0.1, -0.05) is 97.3 Å². The van der Waals surface area contributed by atoms with Crippen molar-refractivity contribution >= 4 is 0 Å². The minimum absolute atomic E-state index is 0.190. The summed E-state index contributed by atoms with van der Waals surface area (Å²) >= 11 is 0. The first-order valence-electron chi connectivity index (χ1n) is 11.3. The summed E-state index contributed by atoms with van der Waals surface area (Å²) in [5.41, 5.74) is 0. The highest BCUT2D eigenvalue weighted by Gasteiger charge is 2.15. The van der Waals surface area contributed by atoms with Gasteiger partial charge in [0.1, 0.15) is 0 Å². The molecule has 1 atom stereocenters. The fourth-order valence-corrected chi connectivity index (χ4v) is 3.78. The van der Waals surface area contributed by atoms with Crippen LogP contribution in [0.5, 0.6) is 0 Å². The van der Waals surface area contributed by atoms with E-state index >= 15 is 0 Å². The minimum Gasteiger partial charge on any atom is -0.395 e. The van der Waals surface area contributed by atoms with Crippen LogP contribution in [0.3, 0.4) is 0 Å². The van der Waals surface area contributed by atoms with Gasteiger partial charge in [0.05, 0.1) is 13.2 Å². The molecule has 0 spiro atoms. The molecule has 0 aromatic rings. The summed E-state index contributed by atoms with van der Waals surface area (Å²) in [4.78, 5) is 2.25. The first kappa shape index (κ1) is 24.9. The second-order valence-corrected chi connectivity index (χ2v) is 7.58. The molecule has 0 radical (unpaired) electrons. The van der Waals surface area contributed by atoms with E-state index in [-0.39, 0.29) is 13.2 Å². The third kappa shape index (κ3) is 15.8. The Balaban J connectivity index is 3.46. The number of hydrogen-bond donors (Lipinski definition) is 2. The lowest BCUT2D eigenvalue weighted by Crippen LogP contribution is -2.39. The molecule has 0 aliphatic heterocycles. The van der Waals surface area contributed by atoms with Gasteiger partial charge in [0.25, 0.3) is 0 Å². The van der Waals surface area contributed by atoms with E-state index in [9.17, 15) is 0 Å². The zero-order valence-corrected chi connectivity index (χ0v) is 17.4. The zero-order chi connectivity index (χ0) is 18.6. The first-order chi connectivity index (χ1) is 12.3. The van der Waals surface area contributed by atoms with E-state index in [4.69, 9.17) is 10.2 Å². The number of aliphatic hydroxyl groups excluding tert-OH is 2. The molecule has 0 aliphatic rings. The summed E-state index contributed by atoms with van der Waals surface area (Å²) < 4.78 is 0. The largest absolute Gasteiger partial charge is 0.395 e. The van der Waals surface area contributed by atoms with E-state index in [1.165, 1.54) is 89.9 Å². The Hall–Kier alpha value is -0.120. The van der Waals surface area contributed by atoms with Gasteiger partial charge in [-0.25, -0.2) is 0 Å². The Kier molecular flexibility index (Phi) is 20.1. The van der Waals surface area contributed by atoms with E-state index in [1.54, 1.807) is 0 Å². The van der Waals surface area contributed by atoms with Crippen LogP contribution in [0.4, 0.5) is 0 Å². The lowest BCUT2D eigenvalue weighted by molar-refractivity contribution is 0.113. The van der Waals surface area contributed by atoms with Crippen molar-refractivity contribution in [3.8, 4) is 0 Å². The van der Waals surface area contributed by atoms with Crippen molar-refractivity contribution in [1.82, 2.24) is 4.90 Å². The van der Waals surface area contributed by atoms with Crippen LogP contribution < -0.4 is 0 Å². The molecule has 0 aliphatic carbocycles. The molecule has 25 heavy (non-hydrogen) atoms. The molecule has 3 heteroatoms. The van der Waals surface area contributed by atoms with E-state index in [1.807, 2.05) is 0 Å². The normalized spacial score (nSPS) is 12.8. The molecular formula is C22H47NO2. The van der Waals surface area contributed by atoms with Gasteiger partial charge in [-0.05, 0) is 12.8 Å². The van der Waals surface area contributed by atoms with Gasteiger partial charge < -0.3 is 10.2 Å². The van der Waals surface area contributed by atoms with Crippen molar-refractivity contribution in [2.45, 2.75) is 116 Å². The number of aliphatic hydroxyl groups is 2. The summed E-state index contributed by atoms with van der Waals surface area (Å²) in [6.45, 7) is 6.26. The Morgan fingerprint density at radius 2 is 1.00 bits per heavy atom. The molecular weight excluding hydrogens is 310 g/mol. The van der Waals surface area contributed by atoms with Crippen LogP contribution in [0.25, 0.3) is 0 Å².